The molecule has 20 heavy (non-hydrogen) atoms. The first kappa shape index (κ1) is 15.0. The van der Waals surface area contributed by atoms with E-state index in [1.807, 2.05) is 0 Å². The molecule has 0 aromatic heterocycles. The highest BCUT2D eigenvalue weighted by Gasteiger charge is 2.39. The molecule has 0 saturated carbocycles. The lowest BCUT2D eigenvalue weighted by Gasteiger charge is -2.26. The molecule has 1 aromatic carbocycles. The van der Waals surface area contributed by atoms with E-state index >= 15 is 0 Å². The van der Waals surface area contributed by atoms with Crippen LogP contribution in [-0.2, 0) is 11.2 Å². The van der Waals surface area contributed by atoms with Gasteiger partial charge in [0.05, 0.1) is 5.41 Å². The minimum atomic E-state index is -0.165. The average Bonchev–Trinajstić information content (AvgIpc) is 2.89. The van der Waals surface area contributed by atoms with Gasteiger partial charge in [-0.05, 0) is 38.3 Å². The molecule has 2 rings (SSSR count). The maximum atomic E-state index is 12.5. The van der Waals surface area contributed by atoms with E-state index in [9.17, 15) is 4.79 Å². The summed E-state index contributed by atoms with van der Waals surface area (Å²) in [5.74, 6) is 0.233. The smallest absolute Gasteiger partial charge is 0.227 e. The third-order valence-electron chi connectivity index (χ3n) is 4.24. The highest BCUT2D eigenvalue weighted by Crippen LogP contribution is 2.31. The molecular formula is C17H26N2O. The summed E-state index contributed by atoms with van der Waals surface area (Å²) in [5, 5.41) is 6.47. The monoisotopic (exact) mass is 274 g/mol. The van der Waals surface area contributed by atoms with E-state index in [1.54, 1.807) is 0 Å². The molecule has 1 aliphatic rings. The molecule has 1 unspecified atom stereocenters. The highest BCUT2D eigenvalue weighted by atomic mass is 16.2. The summed E-state index contributed by atoms with van der Waals surface area (Å²) in [5.41, 5.74) is 2.40. The fourth-order valence-electron chi connectivity index (χ4n) is 3.12. The van der Waals surface area contributed by atoms with Crippen molar-refractivity contribution in [2.75, 3.05) is 19.6 Å². The van der Waals surface area contributed by atoms with Gasteiger partial charge >= 0.3 is 0 Å². The van der Waals surface area contributed by atoms with Crippen LogP contribution in [0.1, 0.15) is 37.3 Å². The SMILES string of the molecule is CCCC1(C(=O)NCCc2cccc(C)c2)CCNC1. The van der Waals surface area contributed by atoms with Crippen LogP contribution in [0.15, 0.2) is 24.3 Å². The van der Waals surface area contributed by atoms with Gasteiger partial charge in [-0.15, -0.1) is 0 Å². The van der Waals surface area contributed by atoms with Crippen LogP contribution in [0.3, 0.4) is 0 Å². The normalized spacial score (nSPS) is 21.9. The van der Waals surface area contributed by atoms with Crippen LogP contribution >= 0.6 is 0 Å². The van der Waals surface area contributed by atoms with Crippen LogP contribution in [0.2, 0.25) is 0 Å². The first-order chi connectivity index (χ1) is 9.66. The molecule has 1 amide bonds. The molecular weight excluding hydrogens is 248 g/mol. The topological polar surface area (TPSA) is 41.1 Å². The Bertz CT molecular complexity index is 450. The summed E-state index contributed by atoms with van der Waals surface area (Å²) in [4.78, 5) is 12.5. The van der Waals surface area contributed by atoms with Gasteiger partial charge in [0.15, 0.2) is 0 Å². The molecule has 0 bridgehead atoms. The number of aryl methyl sites for hydroxylation is 1. The number of carbonyl (C=O) groups excluding carboxylic acids is 1. The molecule has 1 atom stereocenters. The number of rotatable bonds is 6. The molecule has 110 valence electrons. The van der Waals surface area contributed by atoms with Crippen molar-refractivity contribution in [3.05, 3.63) is 35.4 Å². The lowest BCUT2D eigenvalue weighted by atomic mass is 9.81. The highest BCUT2D eigenvalue weighted by molar-refractivity contribution is 5.83. The van der Waals surface area contributed by atoms with Gasteiger partial charge in [-0.25, -0.2) is 0 Å². The molecule has 3 heteroatoms. The van der Waals surface area contributed by atoms with Crippen LogP contribution in [0.5, 0.6) is 0 Å². The molecule has 1 fully saturated rings. The van der Waals surface area contributed by atoms with Crippen molar-refractivity contribution < 1.29 is 4.79 Å². The zero-order valence-corrected chi connectivity index (χ0v) is 12.7. The van der Waals surface area contributed by atoms with Crippen LogP contribution in [0, 0.1) is 12.3 Å². The number of hydrogen-bond acceptors (Lipinski definition) is 2. The summed E-state index contributed by atoms with van der Waals surface area (Å²) in [6.07, 6.45) is 3.92. The van der Waals surface area contributed by atoms with Gasteiger partial charge in [-0.3, -0.25) is 4.79 Å². The molecule has 0 aliphatic carbocycles. The molecule has 1 saturated heterocycles. The van der Waals surface area contributed by atoms with E-state index in [-0.39, 0.29) is 11.3 Å². The average molecular weight is 274 g/mol. The van der Waals surface area contributed by atoms with Gasteiger partial charge in [0.2, 0.25) is 5.91 Å². The summed E-state index contributed by atoms with van der Waals surface area (Å²) < 4.78 is 0. The van der Waals surface area contributed by atoms with Gasteiger partial charge in [-0.2, -0.15) is 0 Å². The maximum absolute atomic E-state index is 12.5. The van der Waals surface area contributed by atoms with Gasteiger partial charge < -0.3 is 10.6 Å². The number of carbonyl (C=O) groups is 1. The summed E-state index contributed by atoms with van der Waals surface area (Å²) >= 11 is 0. The van der Waals surface area contributed by atoms with E-state index in [1.165, 1.54) is 11.1 Å². The standard InChI is InChI=1S/C17H26N2O/c1-3-8-17(9-11-18-13-17)16(20)19-10-7-15-6-4-5-14(2)12-15/h4-6,12,18H,3,7-11,13H2,1-2H3,(H,19,20). The third-order valence-corrected chi connectivity index (χ3v) is 4.24. The zero-order valence-electron chi connectivity index (χ0n) is 12.7. The molecule has 1 aromatic rings. The number of amides is 1. The Kier molecular flexibility index (Phi) is 5.18. The van der Waals surface area contributed by atoms with Gasteiger partial charge in [-0.1, -0.05) is 43.2 Å². The Hall–Kier alpha value is -1.35. The molecule has 2 N–H and O–H groups in total. The fourth-order valence-corrected chi connectivity index (χ4v) is 3.12. The minimum Gasteiger partial charge on any atom is -0.355 e. The third kappa shape index (κ3) is 3.60. The van der Waals surface area contributed by atoms with Gasteiger partial charge in [0.1, 0.15) is 0 Å². The van der Waals surface area contributed by atoms with Crippen molar-refractivity contribution in [1.82, 2.24) is 10.6 Å². The fraction of sp³-hybridized carbons (Fsp3) is 0.588. The van der Waals surface area contributed by atoms with E-state index in [0.717, 1.165) is 45.3 Å². The van der Waals surface area contributed by atoms with Crippen molar-refractivity contribution in [3.8, 4) is 0 Å². The number of hydrogen-bond donors (Lipinski definition) is 2. The van der Waals surface area contributed by atoms with E-state index < -0.39 is 0 Å². The molecule has 3 nitrogen and oxygen atoms in total. The lowest BCUT2D eigenvalue weighted by Crippen LogP contribution is -2.43. The molecule has 1 heterocycles. The maximum Gasteiger partial charge on any atom is 0.227 e. The van der Waals surface area contributed by atoms with Gasteiger partial charge in [0.25, 0.3) is 0 Å². The number of benzene rings is 1. The quantitative estimate of drug-likeness (QED) is 0.836. The Morgan fingerprint density at radius 1 is 1.45 bits per heavy atom. The van der Waals surface area contributed by atoms with Crippen molar-refractivity contribution >= 4 is 5.91 Å². The van der Waals surface area contributed by atoms with Crippen LogP contribution in [-0.4, -0.2) is 25.5 Å². The van der Waals surface area contributed by atoms with Crippen molar-refractivity contribution in [1.29, 1.82) is 0 Å². The second kappa shape index (κ2) is 6.89. The molecule has 1 aliphatic heterocycles. The number of nitrogens with one attached hydrogen (secondary N) is 2. The lowest BCUT2D eigenvalue weighted by molar-refractivity contribution is -0.130. The zero-order chi connectivity index (χ0) is 14.4. The summed E-state index contributed by atoms with van der Waals surface area (Å²) in [7, 11) is 0. The Morgan fingerprint density at radius 3 is 2.95 bits per heavy atom. The Morgan fingerprint density at radius 2 is 2.30 bits per heavy atom. The first-order valence-corrected chi connectivity index (χ1v) is 7.71. The van der Waals surface area contributed by atoms with Crippen LogP contribution in [0.4, 0.5) is 0 Å². The molecule has 0 spiro atoms. The Balaban J connectivity index is 1.85. The van der Waals surface area contributed by atoms with Crippen LogP contribution < -0.4 is 10.6 Å². The second-order valence-electron chi connectivity index (χ2n) is 5.95. The van der Waals surface area contributed by atoms with Gasteiger partial charge in [0, 0.05) is 13.1 Å². The van der Waals surface area contributed by atoms with Crippen molar-refractivity contribution in [2.24, 2.45) is 5.41 Å². The van der Waals surface area contributed by atoms with Crippen molar-refractivity contribution in [3.63, 3.8) is 0 Å². The van der Waals surface area contributed by atoms with Crippen molar-refractivity contribution in [2.45, 2.75) is 39.5 Å². The predicted octanol–water partition coefficient (Wildman–Crippen LogP) is 2.43. The minimum absolute atomic E-state index is 0.165. The summed E-state index contributed by atoms with van der Waals surface area (Å²) in [6.45, 7) is 6.78. The van der Waals surface area contributed by atoms with Crippen LogP contribution in [0.25, 0.3) is 0 Å². The largest absolute Gasteiger partial charge is 0.355 e. The molecule has 0 radical (unpaired) electrons. The van der Waals surface area contributed by atoms with E-state index in [2.05, 4.69) is 48.7 Å². The van der Waals surface area contributed by atoms with E-state index in [4.69, 9.17) is 0 Å². The Labute approximate surface area is 122 Å². The van der Waals surface area contributed by atoms with E-state index in [0.29, 0.717) is 0 Å². The second-order valence-corrected chi connectivity index (χ2v) is 5.95. The predicted molar refractivity (Wildman–Crippen MR) is 82.7 cm³/mol. The summed E-state index contributed by atoms with van der Waals surface area (Å²) in [6, 6.07) is 8.48. The first-order valence-electron chi connectivity index (χ1n) is 7.71.